The molecule has 2 saturated heterocycles. The highest BCUT2D eigenvalue weighted by molar-refractivity contribution is 5.77. The highest BCUT2D eigenvalue weighted by Crippen LogP contribution is 2.26. The van der Waals surface area contributed by atoms with Crippen molar-refractivity contribution in [3.8, 4) is 11.5 Å². The third kappa shape index (κ3) is 5.22. The van der Waals surface area contributed by atoms with E-state index in [4.69, 9.17) is 4.74 Å². The molecule has 0 saturated carbocycles. The van der Waals surface area contributed by atoms with Crippen molar-refractivity contribution < 1.29 is 27.4 Å². The Balaban J connectivity index is 1.32. The molecule has 0 radical (unpaired) electrons. The number of nitrogens with zero attached hydrogens (tertiary/aromatic N) is 3. The second-order valence-corrected chi connectivity index (χ2v) is 7.79. The molecule has 31 heavy (non-hydrogen) atoms. The maximum Gasteiger partial charge on any atom is 0.573 e. The van der Waals surface area contributed by atoms with Gasteiger partial charge in [0.2, 0.25) is 0 Å². The van der Waals surface area contributed by atoms with Crippen LogP contribution in [0.3, 0.4) is 0 Å². The molecule has 0 aromatic heterocycles. The van der Waals surface area contributed by atoms with Gasteiger partial charge in [0.05, 0.1) is 13.2 Å². The minimum atomic E-state index is -4.69. The van der Waals surface area contributed by atoms with E-state index in [9.17, 15) is 18.0 Å². The van der Waals surface area contributed by atoms with Gasteiger partial charge in [-0.2, -0.15) is 0 Å². The third-order valence-electron chi connectivity index (χ3n) is 5.61. The lowest BCUT2D eigenvalue weighted by Gasteiger charge is -2.36. The number of benzene rings is 2. The zero-order valence-electron chi connectivity index (χ0n) is 17.1. The minimum Gasteiger partial charge on any atom is -0.497 e. The Kier molecular flexibility index (Phi) is 5.95. The monoisotopic (exact) mass is 435 g/mol. The van der Waals surface area contributed by atoms with Crippen LogP contribution in [0.2, 0.25) is 0 Å². The molecule has 4 rings (SSSR count). The van der Waals surface area contributed by atoms with Gasteiger partial charge in [-0.1, -0.05) is 24.3 Å². The van der Waals surface area contributed by atoms with Crippen molar-refractivity contribution >= 4 is 6.03 Å². The molecule has 2 amide bonds. The number of alkyl halides is 3. The summed E-state index contributed by atoms with van der Waals surface area (Å²) in [5, 5.41) is 0. The molecule has 166 valence electrons. The second-order valence-electron chi connectivity index (χ2n) is 7.79. The smallest absolute Gasteiger partial charge is 0.497 e. The van der Waals surface area contributed by atoms with Crippen LogP contribution in [-0.2, 0) is 13.1 Å². The molecule has 0 aliphatic carbocycles. The van der Waals surface area contributed by atoms with Crippen molar-refractivity contribution in [1.82, 2.24) is 14.7 Å². The summed E-state index contributed by atoms with van der Waals surface area (Å²) in [6.45, 7) is 3.91. The van der Waals surface area contributed by atoms with Crippen LogP contribution in [0.25, 0.3) is 0 Å². The Hall–Kier alpha value is -2.94. The van der Waals surface area contributed by atoms with Gasteiger partial charge in [-0.25, -0.2) is 4.79 Å². The van der Waals surface area contributed by atoms with E-state index >= 15 is 0 Å². The summed E-state index contributed by atoms with van der Waals surface area (Å²) in [6, 6.07) is 13.8. The molecular formula is C22H24F3N3O3. The molecule has 0 bridgehead atoms. The topological polar surface area (TPSA) is 45.2 Å². The van der Waals surface area contributed by atoms with Crippen LogP contribution in [0.4, 0.5) is 18.0 Å². The van der Waals surface area contributed by atoms with Gasteiger partial charge in [-0.15, -0.1) is 13.2 Å². The van der Waals surface area contributed by atoms with Gasteiger partial charge in [-0.3, -0.25) is 4.90 Å². The molecule has 1 atom stereocenters. The van der Waals surface area contributed by atoms with Crippen molar-refractivity contribution in [2.24, 2.45) is 0 Å². The van der Waals surface area contributed by atoms with E-state index in [1.165, 1.54) is 12.1 Å². The summed E-state index contributed by atoms with van der Waals surface area (Å²) in [5.41, 5.74) is 1.95. The lowest BCUT2D eigenvalue weighted by molar-refractivity contribution is -0.274. The SMILES string of the molecule is COc1ccc(CN2C[C@H]3CN(Cc4ccc(OC(F)(F)F)cc4)CCN3C2=O)cc1. The number of carbonyl (C=O) groups excluding carboxylic acids is 1. The largest absolute Gasteiger partial charge is 0.573 e. The highest BCUT2D eigenvalue weighted by Gasteiger charge is 2.40. The number of halogens is 3. The number of hydrogen-bond acceptors (Lipinski definition) is 4. The van der Waals surface area contributed by atoms with Gasteiger partial charge in [0, 0.05) is 39.3 Å². The van der Waals surface area contributed by atoms with Gasteiger partial charge < -0.3 is 19.3 Å². The summed E-state index contributed by atoms with van der Waals surface area (Å²) >= 11 is 0. The molecule has 6 nitrogen and oxygen atoms in total. The van der Waals surface area contributed by atoms with Crippen molar-refractivity contribution in [2.75, 3.05) is 33.3 Å². The van der Waals surface area contributed by atoms with E-state index in [1.54, 1.807) is 19.2 Å². The first kappa shape index (κ1) is 21.3. The summed E-state index contributed by atoms with van der Waals surface area (Å²) in [5.74, 6) is 0.555. The van der Waals surface area contributed by atoms with Crippen LogP contribution in [0.5, 0.6) is 11.5 Å². The van der Waals surface area contributed by atoms with Crippen molar-refractivity contribution in [3.63, 3.8) is 0 Å². The second kappa shape index (κ2) is 8.66. The number of ether oxygens (including phenoxy) is 2. The van der Waals surface area contributed by atoms with Gasteiger partial charge >= 0.3 is 12.4 Å². The average Bonchev–Trinajstić information content (AvgIpc) is 3.04. The number of methoxy groups -OCH3 is 1. The van der Waals surface area contributed by atoms with E-state index < -0.39 is 6.36 Å². The van der Waals surface area contributed by atoms with E-state index in [1.807, 2.05) is 34.1 Å². The van der Waals surface area contributed by atoms with E-state index in [2.05, 4.69) is 9.64 Å². The molecule has 2 aromatic rings. The quantitative estimate of drug-likeness (QED) is 0.694. The molecule has 2 aliphatic rings. The summed E-state index contributed by atoms with van der Waals surface area (Å²) < 4.78 is 46.0. The summed E-state index contributed by atoms with van der Waals surface area (Å²) in [6.07, 6.45) is -4.69. The number of fused-ring (bicyclic) bond motifs is 1. The first-order chi connectivity index (χ1) is 14.8. The highest BCUT2D eigenvalue weighted by atomic mass is 19.4. The van der Waals surface area contributed by atoms with Crippen LogP contribution < -0.4 is 9.47 Å². The van der Waals surface area contributed by atoms with E-state index in [0.29, 0.717) is 26.2 Å². The number of piperazine rings is 1. The number of carbonyl (C=O) groups is 1. The standard InChI is InChI=1S/C22H24F3N3O3/c1-30-19-6-2-17(3-7-19)13-27-15-18-14-26(10-11-28(18)21(27)29)12-16-4-8-20(9-5-16)31-22(23,24)25/h2-9,18H,10-15H2,1H3/t18-/m1/s1. The number of urea groups is 1. The minimum absolute atomic E-state index is 0.0501. The fourth-order valence-corrected chi connectivity index (χ4v) is 4.12. The van der Waals surface area contributed by atoms with Gasteiger partial charge in [0.1, 0.15) is 11.5 Å². The van der Waals surface area contributed by atoms with Crippen LogP contribution in [0.15, 0.2) is 48.5 Å². The average molecular weight is 435 g/mol. The zero-order chi connectivity index (χ0) is 22.0. The zero-order valence-corrected chi connectivity index (χ0v) is 17.1. The van der Waals surface area contributed by atoms with Crippen LogP contribution in [0, 0.1) is 0 Å². The Morgan fingerprint density at radius 3 is 2.13 bits per heavy atom. The van der Waals surface area contributed by atoms with Crippen molar-refractivity contribution in [2.45, 2.75) is 25.5 Å². The van der Waals surface area contributed by atoms with Gasteiger partial charge in [-0.05, 0) is 35.4 Å². The molecule has 0 spiro atoms. The first-order valence-electron chi connectivity index (χ1n) is 10.1. The maximum atomic E-state index is 12.8. The van der Waals surface area contributed by atoms with Crippen molar-refractivity contribution in [3.05, 3.63) is 59.7 Å². The number of hydrogen-bond donors (Lipinski definition) is 0. The van der Waals surface area contributed by atoms with Crippen LogP contribution in [-0.4, -0.2) is 66.4 Å². The van der Waals surface area contributed by atoms with Crippen molar-refractivity contribution in [1.29, 1.82) is 0 Å². The van der Waals surface area contributed by atoms with E-state index in [-0.39, 0.29) is 17.8 Å². The molecule has 2 aromatic carbocycles. The molecule has 0 N–H and O–H groups in total. The molecule has 2 heterocycles. The molecule has 9 heteroatoms. The summed E-state index contributed by atoms with van der Waals surface area (Å²) in [4.78, 5) is 18.8. The number of amides is 2. The Morgan fingerprint density at radius 2 is 1.52 bits per heavy atom. The molecule has 2 aliphatic heterocycles. The summed E-state index contributed by atoms with van der Waals surface area (Å²) in [7, 11) is 1.62. The van der Waals surface area contributed by atoms with Gasteiger partial charge in [0.25, 0.3) is 0 Å². The molecular weight excluding hydrogens is 411 g/mol. The lowest BCUT2D eigenvalue weighted by atomic mass is 10.1. The van der Waals surface area contributed by atoms with Gasteiger partial charge in [0.15, 0.2) is 0 Å². The molecule has 2 fully saturated rings. The lowest BCUT2D eigenvalue weighted by Crippen LogP contribution is -2.51. The first-order valence-corrected chi connectivity index (χ1v) is 10.1. The Bertz CT molecular complexity index is 903. The maximum absolute atomic E-state index is 12.8. The predicted molar refractivity (Wildman–Crippen MR) is 108 cm³/mol. The Labute approximate surface area is 178 Å². The van der Waals surface area contributed by atoms with Crippen LogP contribution in [0.1, 0.15) is 11.1 Å². The van der Waals surface area contributed by atoms with E-state index in [0.717, 1.165) is 30.0 Å². The molecule has 0 unspecified atom stereocenters. The predicted octanol–water partition coefficient (Wildman–Crippen LogP) is 3.72. The Morgan fingerprint density at radius 1 is 0.903 bits per heavy atom. The number of rotatable bonds is 6. The third-order valence-corrected chi connectivity index (χ3v) is 5.61. The van der Waals surface area contributed by atoms with Crippen LogP contribution >= 0.6 is 0 Å². The fourth-order valence-electron chi connectivity index (χ4n) is 4.12. The normalized spacial score (nSPS) is 19.5. The fraction of sp³-hybridized carbons (Fsp3) is 0.409.